The summed E-state index contributed by atoms with van der Waals surface area (Å²) in [6.07, 6.45) is 3.91. The van der Waals surface area contributed by atoms with E-state index in [4.69, 9.17) is 9.47 Å². The molecule has 0 N–H and O–H groups in total. The van der Waals surface area contributed by atoms with Crippen LogP contribution in [0, 0.1) is 0 Å². The molecule has 1 rings (SSSR count). The molecule has 0 aliphatic carbocycles. The second-order valence-corrected chi connectivity index (χ2v) is 3.85. The van der Waals surface area contributed by atoms with Crippen LogP contribution in [0.2, 0.25) is 0 Å². The number of ether oxygens (including phenoxy) is 2. The molecule has 1 atom stereocenters. The van der Waals surface area contributed by atoms with E-state index >= 15 is 0 Å². The first-order valence-electron chi connectivity index (χ1n) is 4.65. The summed E-state index contributed by atoms with van der Waals surface area (Å²) in [4.78, 5) is 0. The zero-order valence-electron chi connectivity index (χ0n) is 8.51. The lowest BCUT2D eigenvalue weighted by molar-refractivity contribution is -0.138. The Morgan fingerprint density at radius 1 is 1.62 bits per heavy atom. The Bertz CT molecular complexity index is 206. The van der Waals surface area contributed by atoms with Crippen LogP contribution in [0.1, 0.15) is 26.7 Å². The van der Waals surface area contributed by atoms with E-state index in [1.165, 1.54) is 0 Å². The molecule has 1 aliphatic rings. The van der Waals surface area contributed by atoms with Crippen LogP contribution in [-0.4, -0.2) is 18.5 Å². The van der Waals surface area contributed by atoms with Crippen molar-refractivity contribution in [3.63, 3.8) is 0 Å². The molecular weight excluding hydrogens is 164 g/mol. The highest BCUT2D eigenvalue weighted by Crippen LogP contribution is 2.25. The second-order valence-electron chi connectivity index (χ2n) is 3.85. The first kappa shape index (κ1) is 10.5. The van der Waals surface area contributed by atoms with Crippen LogP contribution in [0.25, 0.3) is 0 Å². The summed E-state index contributed by atoms with van der Waals surface area (Å²) in [5, 5.41) is 0. The molecule has 0 radical (unpaired) electrons. The molecule has 2 nitrogen and oxygen atoms in total. The molecule has 1 aliphatic heterocycles. The molecule has 0 saturated carbocycles. The Labute approximate surface area is 80.2 Å². The molecular formula is C11H18O2. The van der Waals surface area contributed by atoms with Gasteiger partial charge in [-0.25, -0.2) is 0 Å². The smallest absolute Gasteiger partial charge is 0.163 e. The Balaban J connectivity index is 2.25. The summed E-state index contributed by atoms with van der Waals surface area (Å²) >= 11 is 0. The topological polar surface area (TPSA) is 18.5 Å². The third-order valence-electron chi connectivity index (χ3n) is 2.14. The van der Waals surface area contributed by atoms with Gasteiger partial charge in [-0.15, -0.1) is 0 Å². The van der Waals surface area contributed by atoms with E-state index in [0.29, 0.717) is 6.61 Å². The van der Waals surface area contributed by atoms with E-state index in [1.54, 1.807) is 6.08 Å². The van der Waals surface area contributed by atoms with Gasteiger partial charge in [0.25, 0.3) is 0 Å². The number of rotatable bonds is 4. The van der Waals surface area contributed by atoms with E-state index in [2.05, 4.69) is 13.2 Å². The highest BCUT2D eigenvalue weighted by atomic mass is 16.7. The van der Waals surface area contributed by atoms with E-state index in [0.717, 1.165) is 18.4 Å². The van der Waals surface area contributed by atoms with Crippen LogP contribution >= 0.6 is 0 Å². The van der Waals surface area contributed by atoms with Crippen LogP contribution in [0.15, 0.2) is 24.8 Å². The molecule has 1 unspecified atom stereocenters. The van der Waals surface area contributed by atoms with Gasteiger partial charge in [0.05, 0.1) is 12.7 Å². The van der Waals surface area contributed by atoms with Crippen molar-refractivity contribution < 1.29 is 9.47 Å². The van der Waals surface area contributed by atoms with Crippen molar-refractivity contribution in [2.75, 3.05) is 6.61 Å². The van der Waals surface area contributed by atoms with Crippen LogP contribution in [0.4, 0.5) is 0 Å². The van der Waals surface area contributed by atoms with Gasteiger partial charge >= 0.3 is 0 Å². The summed E-state index contributed by atoms with van der Waals surface area (Å²) in [6, 6.07) is 0. The Kier molecular flexibility index (Phi) is 3.28. The van der Waals surface area contributed by atoms with Crippen molar-refractivity contribution in [3.8, 4) is 0 Å². The summed E-state index contributed by atoms with van der Waals surface area (Å²) in [5.41, 5.74) is 1.06. The lowest BCUT2D eigenvalue weighted by Crippen LogP contribution is -2.21. The Hall–Kier alpha value is -0.600. The minimum atomic E-state index is -0.403. The summed E-state index contributed by atoms with van der Waals surface area (Å²) < 4.78 is 11.1. The van der Waals surface area contributed by atoms with Crippen molar-refractivity contribution in [1.29, 1.82) is 0 Å². The molecule has 0 spiro atoms. The Morgan fingerprint density at radius 2 is 2.31 bits per heavy atom. The van der Waals surface area contributed by atoms with E-state index in [1.807, 2.05) is 13.8 Å². The number of hydrogen-bond donors (Lipinski definition) is 0. The number of hydrogen-bond acceptors (Lipinski definition) is 2. The monoisotopic (exact) mass is 182 g/mol. The van der Waals surface area contributed by atoms with Gasteiger partial charge in [0.1, 0.15) is 0 Å². The highest BCUT2D eigenvalue weighted by molar-refractivity contribution is 5.10. The molecule has 0 aromatic carbocycles. The number of allylic oxidation sites excluding steroid dienone is 2. The van der Waals surface area contributed by atoms with Gasteiger partial charge in [-0.3, -0.25) is 0 Å². The van der Waals surface area contributed by atoms with Gasteiger partial charge < -0.3 is 9.47 Å². The summed E-state index contributed by atoms with van der Waals surface area (Å²) in [6.45, 7) is 12.1. The van der Waals surface area contributed by atoms with Gasteiger partial charge in [0.2, 0.25) is 0 Å². The van der Waals surface area contributed by atoms with Gasteiger partial charge in [-0.05, 0) is 26.7 Å². The molecule has 2 heteroatoms. The SMILES string of the molecule is C=CC(=C)CCC1COC(C)(C)O1. The molecule has 0 aromatic rings. The molecule has 1 saturated heterocycles. The van der Waals surface area contributed by atoms with Crippen LogP contribution in [-0.2, 0) is 9.47 Å². The molecule has 1 heterocycles. The van der Waals surface area contributed by atoms with E-state index in [-0.39, 0.29) is 6.10 Å². The Morgan fingerprint density at radius 3 is 2.77 bits per heavy atom. The molecule has 0 bridgehead atoms. The maximum absolute atomic E-state index is 5.65. The zero-order chi connectivity index (χ0) is 9.90. The standard InChI is InChI=1S/C11H18O2/c1-5-9(2)6-7-10-8-12-11(3,4)13-10/h5,10H,1-2,6-8H2,3-4H3. The van der Waals surface area contributed by atoms with E-state index in [9.17, 15) is 0 Å². The largest absolute Gasteiger partial charge is 0.348 e. The van der Waals surface area contributed by atoms with E-state index < -0.39 is 5.79 Å². The van der Waals surface area contributed by atoms with Gasteiger partial charge in [-0.2, -0.15) is 0 Å². The molecule has 74 valence electrons. The van der Waals surface area contributed by atoms with Crippen molar-refractivity contribution in [2.45, 2.75) is 38.6 Å². The van der Waals surface area contributed by atoms with Crippen molar-refractivity contribution >= 4 is 0 Å². The van der Waals surface area contributed by atoms with Crippen molar-refractivity contribution in [3.05, 3.63) is 24.8 Å². The minimum Gasteiger partial charge on any atom is -0.348 e. The first-order chi connectivity index (χ1) is 6.03. The normalized spacial score (nSPS) is 25.8. The quantitative estimate of drug-likeness (QED) is 0.622. The predicted octanol–water partition coefficient (Wildman–Crippen LogP) is 2.66. The molecule has 13 heavy (non-hydrogen) atoms. The lowest BCUT2D eigenvalue weighted by Gasteiger charge is -2.16. The minimum absolute atomic E-state index is 0.215. The average Bonchev–Trinajstić information content (AvgIpc) is 2.41. The van der Waals surface area contributed by atoms with Crippen molar-refractivity contribution in [1.82, 2.24) is 0 Å². The molecule has 0 aromatic heterocycles. The highest BCUT2D eigenvalue weighted by Gasteiger charge is 2.31. The first-order valence-corrected chi connectivity index (χ1v) is 4.65. The van der Waals surface area contributed by atoms with Gasteiger partial charge in [0.15, 0.2) is 5.79 Å². The average molecular weight is 182 g/mol. The lowest BCUT2D eigenvalue weighted by atomic mass is 10.1. The van der Waals surface area contributed by atoms with Crippen LogP contribution in [0.3, 0.4) is 0 Å². The summed E-state index contributed by atoms with van der Waals surface area (Å²) in [5.74, 6) is -0.403. The third kappa shape index (κ3) is 3.33. The fraction of sp³-hybridized carbons (Fsp3) is 0.636. The zero-order valence-corrected chi connectivity index (χ0v) is 8.51. The maximum Gasteiger partial charge on any atom is 0.163 e. The van der Waals surface area contributed by atoms with Crippen LogP contribution in [0.5, 0.6) is 0 Å². The van der Waals surface area contributed by atoms with Gasteiger partial charge in [-0.1, -0.05) is 24.8 Å². The van der Waals surface area contributed by atoms with Gasteiger partial charge in [0, 0.05) is 0 Å². The molecule has 1 fully saturated rings. The maximum atomic E-state index is 5.65. The summed E-state index contributed by atoms with van der Waals surface area (Å²) in [7, 11) is 0. The van der Waals surface area contributed by atoms with Crippen LogP contribution < -0.4 is 0 Å². The molecule has 0 amide bonds. The predicted molar refractivity (Wildman–Crippen MR) is 53.5 cm³/mol. The third-order valence-corrected chi connectivity index (χ3v) is 2.14. The fourth-order valence-corrected chi connectivity index (χ4v) is 1.35. The fourth-order valence-electron chi connectivity index (χ4n) is 1.35. The van der Waals surface area contributed by atoms with Crippen molar-refractivity contribution in [2.24, 2.45) is 0 Å². The second kappa shape index (κ2) is 4.07.